The second kappa shape index (κ2) is 7.34. The van der Waals surface area contributed by atoms with Gasteiger partial charge in [-0.3, -0.25) is 4.90 Å². The van der Waals surface area contributed by atoms with Crippen LogP contribution in [0.25, 0.3) is 0 Å². The van der Waals surface area contributed by atoms with Crippen molar-refractivity contribution < 1.29 is 4.74 Å². The summed E-state index contributed by atoms with van der Waals surface area (Å²) < 4.78 is 5.49. The summed E-state index contributed by atoms with van der Waals surface area (Å²) in [6.45, 7) is 7.05. The summed E-state index contributed by atoms with van der Waals surface area (Å²) in [5.41, 5.74) is 2.80. The molecule has 144 valence electrons. The zero-order valence-electron chi connectivity index (χ0n) is 15.8. The number of pyridine rings is 1. The van der Waals surface area contributed by atoms with Crippen LogP contribution in [0.5, 0.6) is 0 Å². The molecule has 0 saturated carbocycles. The van der Waals surface area contributed by atoms with Crippen LogP contribution < -0.4 is 9.80 Å². The third-order valence-electron chi connectivity index (χ3n) is 5.86. The Hall–Kier alpha value is -2.76. The SMILES string of the molecule is N#Cc1cc2c(nc1N1CC(N3CCN(c4ncccn4)CC3)C1)CCOC2. The molecule has 8 nitrogen and oxygen atoms in total. The molecule has 0 atom stereocenters. The quantitative estimate of drug-likeness (QED) is 0.778. The average Bonchev–Trinajstić information content (AvgIpc) is 2.73. The summed E-state index contributed by atoms with van der Waals surface area (Å²) in [6.07, 6.45) is 4.42. The van der Waals surface area contributed by atoms with Crippen LogP contribution in [-0.4, -0.2) is 71.8 Å². The van der Waals surface area contributed by atoms with Gasteiger partial charge in [-0.2, -0.15) is 5.26 Å². The van der Waals surface area contributed by atoms with E-state index in [2.05, 4.69) is 30.7 Å². The van der Waals surface area contributed by atoms with E-state index in [-0.39, 0.29) is 0 Å². The Bertz CT molecular complexity index is 883. The Morgan fingerprint density at radius 3 is 2.61 bits per heavy atom. The van der Waals surface area contributed by atoms with Crippen LogP contribution in [0.15, 0.2) is 24.5 Å². The summed E-state index contributed by atoms with van der Waals surface area (Å²) in [6, 6.07) is 6.65. The van der Waals surface area contributed by atoms with Gasteiger partial charge in [0.2, 0.25) is 5.95 Å². The van der Waals surface area contributed by atoms with Crippen molar-refractivity contribution in [1.82, 2.24) is 19.9 Å². The number of piperazine rings is 1. The fraction of sp³-hybridized carbons (Fsp3) is 0.500. The second-order valence-corrected chi connectivity index (χ2v) is 7.51. The van der Waals surface area contributed by atoms with Gasteiger partial charge in [0.05, 0.1) is 24.5 Å². The molecule has 2 saturated heterocycles. The molecule has 3 aliphatic rings. The molecule has 0 N–H and O–H groups in total. The van der Waals surface area contributed by atoms with Crippen LogP contribution in [0.1, 0.15) is 16.8 Å². The van der Waals surface area contributed by atoms with Gasteiger partial charge in [0.25, 0.3) is 0 Å². The minimum Gasteiger partial charge on any atom is -0.376 e. The highest BCUT2D eigenvalue weighted by Gasteiger charge is 2.36. The number of nitrogens with zero attached hydrogens (tertiary/aromatic N) is 7. The first-order valence-electron chi connectivity index (χ1n) is 9.83. The van der Waals surface area contributed by atoms with Crippen LogP contribution >= 0.6 is 0 Å². The summed E-state index contributed by atoms with van der Waals surface area (Å²) in [7, 11) is 0. The van der Waals surface area contributed by atoms with Crippen molar-refractivity contribution in [3.8, 4) is 6.07 Å². The molecule has 2 aromatic heterocycles. The fourth-order valence-corrected chi connectivity index (χ4v) is 4.20. The largest absolute Gasteiger partial charge is 0.376 e. The molecule has 8 heteroatoms. The first-order chi connectivity index (χ1) is 13.8. The first-order valence-corrected chi connectivity index (χ1v) is 9.83. The van der Waals surface area contributed by atoms with Crippen LogP contribution in [0.2, 0.25) is 0 Å². The lowest BCUT2D eigenvalue weighted by Gasteiger charge is -2.48. The molecule has 0 spiro atoms. The average molecular weight is 377 g/mol. The van der Waals surface area contributed by atoms with E-state index in [4.69, 9.17) is 9.72 Å². The number of fused-ring (bicyclic) bond motifs is 1. The number of aromatic nitrogens is 3. The Labute approximate surface area is 164 Å². The number of rotatable bonds is 3. The van der Waals surface area contributed by atoms with E-state index in [9.17, 15) is 5.26 Å². The maximum Gasteiger partial charge on any atom is 0.225 e. The lowest BCUT2D eigenvalue weighted by Crippen LogP contribution is -2.63. The van der Waals surface area contributed by atoms with Crippen molar-refractivity contribution in [2.75, 3.05) is 55.7 Å². The molecule has 0 bridgehead atoms. The standard InChI is InChI=1S/C20H23N7O/c21-11-15-10-16-14-28-9-2-18(16)24-19(15)27-12-17(13-27)25-5-7-26(8-6-25)20-22-3-1-4-23-20/h1,3-4,10,17H,2,5-9,12-14H2. The van der Waals surface area contributed by atoms with E-state index >= 15 is 0 Å². The van der Waals surface area contributed by atoms with Gasteiger partial charge in [-0.25, -0.2) is 15.0 Å². The molecule has 0 unspecified atom stereocenters. The predicted octanol–water partition coefficient (Wildman–Crippen LogP) is 0.827. The molecule has 5 heterocycles. The lowest BCUT2D eigenvalue weighted by atomic mass is 10.0. The summed E-state index contributed by atoms with van der Waals surface area (Å²) in [5, 5.41) is 9.56. The molecule has 0 aliphatic carbocycles. The van der Waals surface area contributed by atoms with E-state index in [1.807, 2.05) is 12.1 Å². The van der Waals surface area contributed by atoms with E-state index in [0.717, 1.165) is 68.7 Å². The Morgan fingerprint density at radius 2 is 1.86 bits per heavy atom. The molecule has 5 rings (SSSR count). The highest BCUT2D eigenvalue weighted by atomic mass is 16.5. The van der Waals surface area contributed by atoms with E-state index in [1.165, 1.54) is 0 Å². The number of hydrogen-bond donors (Lipinski definition) is 0. The van der Waals surface area contributed by atoms with Gasteiger partial charge in [0, 0.05) is 69.7 Å². The topological polar surface area (TPSA) is 81.4 Å². The van der Waals surface area contributed by atoms with Crippen molar-refractivity contribution in [3.05, 3.63) is 41.3 Å². The molecule has 3 aliphatic heterocycles. The minimum atomic E-state index is 0.520. The van der Waals surface area contributed by atoms with Crippen LogP contribution in [0.4, 0.5) is 11.8 Å². The zero-order chi connectivity index (χ0) is 18.9. The molecule has 0 aromatic carbocycles. The number of nitriles is 1. The van der Waals surface area contributed by atoms with Gasteiger partial charge in [-0.05, 0) is 12.1 Å². The number of anilines is 2. The van der Waals surface area contributed by atoms with Crippen molar-refractivity contribution in [1.29, 1.82) is 5.26 Å². The van der Waals surface area contributed by atoms with Crippen LogP contribution in [0.3, 0.4) is 0 Å². The Balaban J connectivity index is 1.21. The molecule has 2 aromatic rings. The molecular weight excluding hydrogens is 354 g/mol. The molecular formula is C20H23N7O. The van der Waals surface area contributed by atoms with Gasteiger partial charge in [-0.1, -0.05) is 0 Å². The van der Waals surface area contributed by atoms with E-state index < -0.39 is 0 Å². The lowest BCUT2D eigenvalue weighted by molar-refractivity contribution is 0.109. The summed E-state index contributed by atoms with van der Waals surface area (Å²) >= 11 is 0. The van der Waals surface area contributed by atoms with Crippen molar-refractivity contribution in [2.24, 2.45) is 0 Å². The summed E-state index contributed by atoms with van der Waals surface area (Å²) in [5.74, 6) is 1.66. The van der Waals surface area contributed by atoms with Gasteiger partial charge in [0.1, 0.15) is 11.9 Å². The van der Waals surface area contributed by atoms with E-state index in [1.54, 1.807) is 12.4 Å². The number of hydrogen-bond acceptors (Lipinski definition) is 8. The normalized spacial score (nSPS) is 20.4. The molecule has 2 fully saturated rings. The zero-order valence-corrected chi connectivity index (χ0v) is 15.8. The predicted molar refractivity (Wildman–Crippen MR) is 104 cm³/mol. The Kier molecular flexibility index (Phi) is 4.55. The minimum absolute atomic E-state index is 0.520. The van der Waals surface area contributed by atoms with Gasteiger partial charge >= 0.3 is 0 Å². The second-order valence-electron chi connectivity index (χ2n) is 7.51. The highest BCUT2D eigenvalue weighted by molar-refractivity contribution is 5.58. The van der Waals surface area contributed by atoms with Crippen molar-refractivity contribution >= 4 is 11.8 Å². The van der Waals surface area contributed by atoms with Gasteiger partial charge in [0.15, 0.2) is 0 Å². The fourth-order valence-electron chi connectivity index (χ4n) is 4.20. The maximum atomic E-state index is 9.56. The first kappa shape index (κ1) is 17.3. The third-order valence-corrected chi connectivity index (χ3v) is 5.86. The monoisotopic (exact) mass is 377 g/mol. The smallest absolute Gasteiger partial charge is 0.225 e. The third kappa shape index (κ3) is 3.17. The van der Waals surface area contributed by atoms with Gasteiger partial charge in [-0.15, -0.1) is 0 Å². The maximum absolute atomic E-state index is 9.56. The van der Waals surface area contributed by atoms with Crippen LogP contribution in [0, 0.1) is 11.3 Å². The van der Waals surface area contributed by atoms with Crippen LogP contribution in [-0.2, 0) is 17.8 Å². The Morgan fingerprint density at radius 1 is 1.07 bits per heavy atom. The highest BCUT2D eigenvalue weighted by Crippen LogP contribution is 2.29. The molecule has 28 heavy (non-hydrogen) atoms. The van der Waals surface area contributed by atoms with Crippen molar-refractivity contribution in [3.63, 3.8) is 0 Å². The van der Waals surface area contributed by atoms with Gasteiger partial charge < -0.3 is 14.5 Å². The van der Waals surface area contributed by atoms with E-state index in [0.29, 0.717) is 24.8 Å². The molecule has 0 amide bonds. The van der Waals surface area contributed by atoms with Crippen molar-refractivity contribution in [2.45, 2.75) is 19.1 Å². The summed E-state index contributed by atoms with van der Waals surface area (Å²) in [4.78, 5) is 20.5. The molecule has 0 radical (unpaired) electrons. The number of ether oxygens (including phenoxy) is 1.